The van der Waals surface area contributed by atoms with E-state index >= 15 is 0 Å². The molecule has 7 heteroatoms. The third kappa shape index (κ3) is 5.09. The summed E-state index contributed by atoms with van der Waals surface area (Å²) >= 11 is 0. The lowest BCUT2D eigenvalue weighted by atomic mass is 9.94. The Morgan fingerprint density at radius 3 is 2.68 bits per heavy atom. The first-order valence-electron chi connectivity index (χ1n) is 9.00. The Balaban J connectivity index is 1.43. The summed E-state index contributed by atoms with van der Waals surface area (Å²) in [5.41, 5.74) is 1.74. The maximum absolute atomic E-state index is 12.3. The molecule has 1 fully saturated rings. The van der Waals surface area contributed by atoms with Crippen LogP contribution in [0.3, 0.4) is 0 Å². The van der Waals surface area contributed by atoms with Gasteiger partial charge < -0.3 is 10.2 Å². The summed E-state index contributed by atoms with van der Waals surface area (Å²) in [5.74, 6) is -0.0222. The summed E-state index contributed by atoms with van der Waals surface area (Å²) in [7, 11) is 2.16. The smallest absolute Gasteiger partial charge is 0.251 e. The molecule has 0 radical (unpaired) electrons. The van der Waals surface area contributed by atoms with Gasteiger partial charge in [-0.1, -0.05) is 31.4 Å². The number of amides is 1. The van der Waals surface area contributed by atoms with Crippen molar-refractivity contribution in [1.29, 1.82) is 0 Å². The minimum Gasteiger partial charge on any atom is -0.351 e. The second-order valence-corrected chi connectivity index (χ2v) is 6.73. The number of hydrogen-bond donors (Lipinski definition) is 1. The molecule has 0 spiro atoms. The molecule has 134 valence electrons. The van der Waals surface area contributed by atoms with Crippen LogP contribution in [0.15, 0.2) is 30.6 Å². The lowest BCUT2D eigenvalue weighted by Crippen LogP contribution is -2.39. The number of benzene rings is 1. The van der Waals surface area contributed by atoms with E-state index in [0.717, 1.165) is 12.1 Å². The molecule has 1 amide bonds. The molecule has 1 N–H and O–H groups in total. The van der Waals surface area contributed by atoms with Crippen LogP contribution in [-0.4, -0.2) is 57.2 Å². The molecule has 0 unspecified atom stereocenters. The van der Waals surface area contributed by atoms with Crippen LogP contribution in [0.4, 0.5) is 0 Å². The minimum atomic E-state index is -0.0222. The van der Waals surface area contributed by atoms with Crippen LogP contribution in [0.2, 0.25) is 0 Å². The number of tetrazole rings is 1. The zero-order chi connectivity index (χ0) is 17.5. The van der Waals surface area contributed by atoms with Crippen molar-refractivity contribution in [2.75, 3.05) is 20.1 Å². The van der Waals surface area contributed by atoms with Gasteiger partial charge >= 0.3 is 0 Å². The number of aromatic nitrogens is 4. The quantitative estimate of drug-likeness (QED) is 0.829. The fourth-order valence-electron chi connectivity index (χ4n) is 3.35. The molecule has 25 heavy (non-hydrogen) atoms. The van der Waals surface area contributed by atoms with E-state index in [-0.39, 0.29) is 5.91 Å². The van der Waals surface area contributed by atoms with Crippen molar-refractivity contribution in [3.05, 3.63) is 41.7 Å². The van der Waals surface area contributed by atoms with E-state index in [2.05, 4.69) is 32.8 Å². The predicted molar refractivity (Wildman–Crippen MR) is 95.2 cm³/mol. The molecule has 0 saturated heterocycles. The maximum atomic E-state index is 12.3. The number of carbonyl (C=O) groups is 1. The van der Waals surface area contributed by atoms with Crippen LogP contribution in [-0.2, 0) is 6.54 Å². The Labute approximate surface area is 148 Å². The summed E-state index contributed by atoms with van der Waals surface area (Å²) in [6, 6.07) is 8.24. The highest BCUT2D eigenvalue weighted by atomic mass is 16.1. The average molecular weight is 342 g/mol. The molecule has 0 aliphatic heterocycles. The van der Waals surface area contributed by atoms with E-state index in [1.165, 1.54) is 32.1 Å². The largest absolute Gasteiger partial charge is 0.351 e. The SMILES string of the molecule is CN(CCNC(=O)c1ccc(Cn2cnnn2)cc1)C1CCCCC1. The number of rotatable bonds is 7. The molecule has 2 aromatic rings. The summed E-state index contributed by atoms with van der Waals surface area (Å²) in [4.78, 5) is 14.6. The van der Waals surface area contributed by atoms with E-state index in [9.17, 15) is 4.79 Å². The van der Waals surface area contributed by atoms with Crippen molar-refractivity contribution in [3.8, 4) is 0 Å². The number of nitrogens with one attached hydrogen (secondary N) is 1. The Hall–Kier alpha value is -2.28. The molecule has 1 saturated carbocycles. The van der Waals surface area contributed by atoms with Gasteiger partial charge in [-0.05, 0) is 48.0 Å². The molecular formula is C18H26N6O. The van der Waals surface area contributed by atoms with Gasteiger partial charge in [0.15, 0.2) is 0 Å². The molecule has 1 aliphatic rings. The van der Waals surface area contributed by atoms with Gasteiger partial charge in [0.2, 0.25) is 0 Å². The van der Waals surface area contributed by atoms with Gasteiger partial charge in [-0.25, -0.2) is 4.68 Å². The Morgan fingerprint density at radius 2 is 2.00 bits per heavy atom. The molecule has 1 aliphatic carbocycles. The van der Waals surface area contributed by atoms with Gasteiger partial charge in [0, 0.05) is 24.7 Å². The Bertz CT molecular complexity index is 649. The first kappa shape index (κ1) is 17.5. The van der Waals surface area contributed by atoms with Gasteiger partial charge in [0.05, 0.1) is 6.54 Å². The Morgan fingerprint density at radius 1 is 1.24 bits per heavy atom. The average Bonchev–Trinajstić information content (AvgIpc) is 3.16. The topological polar surface area (TPSA) is 75.9 Å². The number of likely N-dealkylation sites (N-methyl/N-ethyl adjacent to an activating group) is 1. The summed E-state index contributed by atoms with van der Waals surface area (Å²) in [6.45, 7) is 2.17. The van der Waals surface area contributed by atoms with Crippen molar-refractivity contribution in [2.24, 2.45) is 0 Å². The first-order valence-corrected chi connectivity index (χ1v) is 9.00. The van der Waals surface area contributed by atoms with E-state index in [4.69, 9.17) is 0 Å². The molecule has 1 aromatic carbocycles. The van der Waals surface area contributed by atoms with E-state index in [0.29, 0.717) is 24.7 Å². The molecular weight excluding hydrogens is 316 g/mol. The van der Waals surface area contributed by atoms with Crippen LogP contribution in [0, 0.1) is 0 Å². The monoisotopic (exact) mass is 342 g/mol. The number of nitrogens with zero attached hydrogens (tertiary/aromatic N) is 5. The van der Waals surface area contributed by atoms with Gasteiger partial charge in [-0.3, -0.25) is 4.79 Å². The van der Waals surface area contributed by atoms with Crippen LogP contribution in [0.1, 0.15) is 48.0 Å². The predicted octanol–water partition coefficient (Wildman–Crippen LogP) is 1.72. The first-order chi connectivity index (χ1) is 12.2. The van der Waals surface area contributed by atoms with E-state index in [1.54, 1.807) is 11.0 Å². The minimum absolute atomic E-state index is 0.0222. The van der Waals surface area contributed by atoms with Gasteiger partial charge in [0.1, 0.15) is 6.33 Å². The van der Waals surface area contributed by atoms with Crippen LogP contribution in [0.25, 0.3) is 0 Å². The van der Waals surface area contributed by atoms with Crippen molar-refractivity contribution < 1.29 is 4.79 Å². The molecule has 7 nitrogen and oxygen atoms in total. The van der Waals surface area contributed by atoms with Crippen LogP contribution >= 0.6 is 0 Å². The Kier molecular flexibility index (Phi) is 6.11. The van der Waals surface area contributed by atoms with E-state index < -0.39 is 0 Å². The van der Waals surface area contributed by atoms with Crippen LogP contribution in [0.5, 0.6) is 0 Å². The second kappa shape index (κ2) is 8.71. The molecule has 1 heterocycles. The molecule has 1 aromatic heterocycles. The number of carbonyl (C=O) groups excluding carboxylic acids is 1. The lowest BCUT2D eigenvalue weighted by Gasteiger charge is -2.31. The highest BCUT2D eigenvalue weighted by Crippen LogP contribution is 2.21. The normalized spacial score (nSPS) is 15.4. The molecule has 0 atom stereocenters. The highest BCUT2D eigenvalue weighted by Gasteiger charge is 2.17. The zero-order valence-electron chi connectivity index (χ0n) is 14.8. The van der Waals surface area contributed by atoms with Gasteiger partial charge in [-0.2, -0.15) is 0 Å². The van der Waals surface area contributed by atoms with Crippen molar-refractivity contribution in [3.63, 3.8) is 0 Å². The van der Waals surface area contributed by atoms with Crippen molar-refractivity contribution >= 4 is 5.91 Å². The van der Waals surface area contributed by atoms with Crippen LogP contribution < -0.4 is 5.32 Å². The maximum Gasteiger partial charge on any atom is 0.251 e. The standard InChI is InChI=1S/C18H26N6O/c1-23(17-5-3-2-4-6-17)12-11-19-18(25)16-9-7-15(8-10-16)13-24-14-20-21-22-24/h7-10,14,17H,2-6,11-13H2,1H3,(H,19,25). The van der Waals surface area contributed by atoms with Gasteiger partial charge in [-0.15, -0.1) is 5.10 Å². The second-order valence-electron chi connectivity index (χ2n) is 6.73. The third-order valence-corrected chi connectivity index (χ3v) is 4.90. The molecule has 0 bridgehead atoms. The van der Waals surface area contributed by atoms with Crippen molar-refractivity contribution in [2.45, 2.75) is 44.7 Å². The summed E-state index contributed by atoms with van der Waals surface area (Å²) in [5, 5.41) is 14.1. The third-order valence-electron chi connectivity index (χ3n) is 4.90. The fraction of sp³-hybridized carbons (Fsp3) is 0.556. The summed E-state index contributed by atoms with van der Waals surface area (Å²) < 4.78 is 1.65. The van der Waals surface area contributed by atoms with Gasteiger partial charge in [0.25, 0.3) is 5.91 Å². The highest BCUT2D eigenvalue weighted by molar-refractivity contribution is 5.94. The van der Waals surface area contributed by atoms with Crippen molar-refractivity contribution in [1.82, 2.24) is 30.4 Å². The zero-order valence-corrected chi connectivity index (χ0v) is 14.8. The van der Waals surface area contributed by atoms with E-state index in [1.807, 2.05) is 24.3 Å². The fourth-order valence-corrected chi connectivity index (χ4v) is 3.35. The summed E-state index contributed by atoms with van der Waals surface area (Å²) in [6.07, 6.45) is 8.17. The number of hydrogen-bond acceptors (Lipinski definition) is 5. The lowest BCUT2D eigenvalue weighted by molar-refractivity contribution is 0.0944. The molecule has 3 rings (SSSR count).